The van der Waals surface area contributed by atoms with Crippen molar-refractivity contribution in [3.8, 4) is 11.8 Å². The molecule has 7 nitrogen and oxygen atoms in total. The highest BCUT2D eigenvalue weighted by atomic mass is 32.1. The van der Waals surface area contributed by atoms with Crippen LogP contribution in [0.15, 0.2) is 94.8 Å². The standard InChI is InChI=1S/C30H28N4O3S/c1-30(2)15-23-27(24(35)16-30)26(20-10-12-21(13-11-20)37-18-19-7-4-3-5-8-19)22(17-31)28(32)34(23)33-29(36)25-9-6-14-38-25/h3-14,26H,15-16,18,32H2,1-2H3,(H,33,36). The molecule has 1 aromatic heterocycles. The van der Waals surface area contributed by atoms with E-state index in [0.29, 0.717) is 41.3 Å². The Morgan fingerprint density at radius 2 is 1.87 bits per heavy atom. The van der Waals surface area contributed by atoms with Crippen molar-refractivity contribution in [3.63, 3.8) is 0 Å². The maximum Gasteiger partial charge on any atom is 0.280 e. The van der Waals surface area contributed by atoms with Crippen LogP contribution in [0.2, 0.25) is 0 Å². The summed E-state index contributed by atoms with van der Waals surface area (Å²) in [4.78, 5) is 27.1. The third kappa shape index (κ3) is 4.93. The molecule has 8 heteroatoms. The van der Waals surface area contributed by atoms with Gasteiger partial charge >= 0.3 is 0 Å². The number of carbonyl (C=O) groups excluding carboxylic acids is 2. The van der Waals surface area contributed by atoms with E-state index in [-0.39, 0.29) is 28.5 Å². The molecular weight excluding hydrogens is 496 g/mol. The van der Waals surface area contributed by atoms with E-state index in [4.69, 9.17) is 10.5 Å². The average Bonchev–Trinajstić information content (AvgIpc) is 3.44. The topological polar surface area (TPSA) is 108 Å². The second kappa shape index (κ2) is 10.2. The molecule has 0 saturated heterocycles. The van der Waals surface area contributed by atoms with Crippen molar-refractivity contribution in [2.45, 2.75) is 39.2 Å². The van der Waals surface area contributed by atoms with E-state index in [0.717, 1.165) is 11.1 Å². The summed E-state index contributed by atoms with van der Waals surface area (Å²) in [7, 11) is 0. The fourth-order valence-corrected chi connectivity index (χ4v) is 5.65. The van der Waals surface area contributed by atoms with Crippen LogP contribution < -0.4 is 15.9 Å². The van der Waals surface area contributed by atoms with Gasteiger partial charge in [0.25, 0.3) is 5.91 Å². The second-order valence-electron chi connectivity index (χ2n) is 10.2. The van der Waals surface area contributed by atoms with Gasteiger partial charge in [-0.3, -0.25) is 15.0 Å². The molecule has 1 amide bonds. The minimum atomic E-state index is -0.628. The lowest BCUT2D eigenvalue weighted by molar-refractivity contribution is -0.118. The van der Waals surface area contributed by atoms with Crippen molar-refractivity contribution >= 4 is 23.0 Å². The summed E-state index contributed by atoms with van der Waals surface area (Å²) < 4.78 is 5.92. The van der Waals surface area contributed by atoms with E-state index in [9.17, 15) is 14.9 Å². The predicted octanol–water partition coefficient (Wildman–Crippen LogP) is 5.41. The Labute approximate surface area is 225 Å². The zero-order valence-corrected chi connectivity index (χ0v) is 22.0. The lowest BCUT2D eigenvalue weighted by Gasteiger charge is -2.43. The summed E-state index contributed by atoms with van der Waals surface area (Å²) >= 11 is 1.30. The summed E-state index contributed by atoms with van der Waals surface area (Å²) in [5.41, 5.74) is 12.2. The molecule has 192 valence electrons. The molecule has 38 heavy (non-hydrogen) atoms. The van der Waals surface area contributed by atoms with Crippen molar-refractivity contribution in [3.05, 3.63) is 111 Å². The number of Topliss-reactive ketones (excluding diaryl/α,β-unsaturated/α-hetero) is 1. The van der Waals surface area contributed by atoms with Gasteiger partial charge in [-0.15, -0.1) is 11.3 Å². The lowest BCUT2D eigenvalue weighted by Crippen LogP contribution is -2.49. The Morgan fingerprint density at radius 3 is 2.53 bits per heavy atom. The zero-order valence-electron chi connectivity index (χ0n) is 21.2. The molecule has 1 aliphatic carbocycles. The number of ketones is 1. The lowest BCUT2D eigenvalue weighted by atomic mass is 9.69. The number of carbonyl (C=O) groups is 2. The number of nitrogens with zero attached hydrogens (tertiary/aromatic N) is 2. The Hall–Kier alpha value is -4.35. The van der Waals surface area contributed by atoms with Gasteiger partial charge < -0.3 is 10.5 Å². The first-order chi connectivity index (χ1) is 18.3. The van der Waals surface area contributed by atoms with Crippen LogP contribution in [0.3, 0.4) is 0 Å². The summed E-state index contributed by atoms with van der Waals surface area (Å²) in [5, 5.41) is 13.4. The number of ether oxygens (including phenoxy) is 1. The Kier molecular flexibility index (Phi) is 6.79. The maximum absolute atomic E-state index is 13.6. The molecular formula is C30H28N4O3S. The van der Waals surface area contributed by atoms with Crippen molar-refractivity contribution in [1.82, 2.24) is 10.4 Å². The molecule has 0 bridgehead atoms. The third-order valence-electron chi connectivity index (χ3n) is 6.80. The summed E-state index contributed by atoms with van der Waals surface area (Å²) in [6.45, 7) is 4.46. The fraction of sp³-hybridized carbons (Fsp3) is 0.233. The smallest absolute Gasteiger partial charge is 0.280 e. The number of nitriles is 1. The zero-order chi connectivity index (χ0) is 26.9. The van der Waals surface area contributed by atoms with Crippen molar-refractivity contribution < 1.29 is 14.3 Å². The first-order valence-electron chi connectivity index (χ1n) is 12.3. The third-order valence-corrected chi connectivity index (χ3v) is 7.67. The van der Waals surface area contributed by atoms with Gasteiger partial charge in [-0.2, -0.15) is 5.26 Å². The van der Waals surface area contributed by atoms with Gasteiger partial charge in [-0.1, -0.05) is 62.4 Å². The number of thiophene rings is 1. The first kappa shape index (κ1) is 25.3. The molecule has 1 aliphatic heterocycles. The van der Waals surface area contributed by atoms with Gasteiger partial charge in [0.05, 0.1) is 28.1 Å². The fourth-order valence-electron chi connectivity index (χ4n) is 5.03. The molecule has 1 atom stereocenters. The number of rotatable bonds is 6. The van der Waals surface area contributed by atoms with E-state index >= 15 is 0 Å². The molecule has 3 N–H and O–H groups in total. The molecule has 0 radical (unpaired) electrons. The molecule has 0 fully saturated rings. The van der Waals surface area contributed by atoms with Gasteiger partial charge in [0.15, 0.2) is 5.78 Å². The molecule has 2 aliphatic rings. The largest absolute Gasteiger partial charge is 0.489 e. The van der Waals surface area contributed by atoms with E-state index in [1.165, 1.54) is 16.3 Å². The number of allylic oxidation sites excluding steroid dienone is 3. The van der Waals surface area contributed by atoms with E-state index in [1.54, 1.807) is 12.1 Å². The van der Waals surface area contributed by atoms with Crippen molar-refractivity contribution in [2.24, 2.45) is 11.1 Å². The van der Waals surface area contributed by atoms with Crippen LogP contribution in [0.1, 0.15) is 53.4 Å². The quantitative estimate of drug-likeness (QED) is 0.446. The number of hydrogen-bond donors (Lipinski definition) is 2. The molecule has 2 heterocycles. The SMILES string of the molecule is CC1(C)CC(=O)C2=C(C1)N(NC(=O)c1cccs1)C(N)=C(C#N)C2c1ccc(OCc2ccccc2)cc1. The van der Waals surface area contributed by atoms with Gasteiger partial charge in [-0.25, -0.2) is 5.01 Å². The van der Waals surface area contributed by atoms with Crippen LogP contribution in [-0.2, 0) is 11.4 Å². The van der Waals surface area contributed by atoms with Crippen molar-refractivity contribution in [1.29, 1.82) is 5.26 Å². The summed E-state index contributed by atoms with van der Waals surface area (Å²) in [6.07, 6.45) is 0.860. The molecule has 0 spiro atoms. The summed E-state index contributed by atoms with van der Waals surface area (Å²) in [5.74, 6) is -0.227. The highest BCUT2D eigenvalue weighted by molar-refractivity contribution is 7.12. The molecule has 5 rings (SSSR count). The average molecular weight is 525 g/mol. The summed E-state index contributed by atoms with van der Waals surface area (Å²) in [6, 6.07) is 23.0. The number of nitrogens with two attached hydrogens (primary N) is 1. The molecule has 3 aromatic rings. The first-order valence-corrected chi connectivity index (χ1v) is 13.2. The highest BCUT2D eigenvalue weighted by Gasteiger charge is 2.45. The van der Waals surface area contributed by atoms with Gasteiger partial charge in [0, 0.05) is 12.0 Å². The monoisotopic (exact) mass is 524 g/mol. The van der Waals surface area contributed by atoms with Crippen LogP contribution >= 0.6 is 11.3 Å². The molecule has 1 unspecified atom stereocenters. The van der Waals surface area contributed by atoms with Crippen LogP contribution in [0.5, 0.6) is 5.75 Å². The second-order valence-corrected chi connectivity index (χ2v) is 11.2. The molecule has 0 saturated carbocycles. The normalized spacial score (nSPS) is 18.6. The Morgan fingerprint density at radius 1 is 1.13 bits per heavy atom. The van der Waals surface area contributed by atoms with E-state index in [2.05, 4.69) is 11.5 Å². The highest BCUT2D eigenvalue weighted by Crippen LogP contribution is 2.48. The number of hydrogen-bond acceptors (Lipinski definition) is 7. The van der Waals surface area contributed by atoms with E-state index in [1.807, 2.05) is 73.8 Å². The van der Waals surface area contributed by atoms with E-state index < -0.39 is 5.92 Å². The Bertz CT molecular complexity index is 1470. The minimum Gasteiger partial charge on any atom is -0.489 e. The maximum atomic E-state index is 13.6. The van der Waals surface area contributed by atoms with Gasteiger partial charge in [-0.05, 0) is 46.5 Å². The van der Waals surface area contributed by atoms with Gasteiger partial charge in [0.2, 0.25) is 0 Å². The van der Waals surface area contributed by atoms with Crippen LogP contribution in [0.4, 0.5) is 0 Å². The van der Waals surface area contributed by atoms with Crippen molar-refractivity contribution in [2.75, 3.05) is 0 Å². The number of benzene rings is 2. The predicted molar refractivity (Wildman–Crippen MR) is 145 cm³/mol. The number of hydrazine groups is 1. The minimum absolute atomic E-state index is 0.0544. The Balaban J connectivity index is 1.50. The van der Waals surface area contributed by atoms with Crippen LogP contribution in [0, 0.1) is 16.7 Å². The number of amides is 1. The van der Waals surface area contributed by atoms with Crippen LogP contribution in [-0.4, -0.2) is 16.7 Å². The van der Waals surface area contributed by atoms with Crippen LogP contribution in [0.25, 0.3) is 0 Å². The molecule has 2 aromatic carbocycles. The number of nitrogens with one attached hydrogen (secondary N) is 1. The van der Waals surface area contributed by atoms with Gasteiger partial charge in [0.1, 0.15) is 18.2 Å².